The summed E-state index contributed by atoms with van der Waals surface area (Å²) in [4.78, 5) is 27.4. The first-order valence-corrected chi connectivity index (χ1v) is 6.93. The Labute approximate surface area is 132 Å². The molecule has 0 aliphatic rings. The van der Waals surface area contributed by atoms with Gasteiger partial charge >= 0.3 is 12.0 Å². The third-order valence-corrected chi connectivity index (χ3v) is 2.84. The lowest BCUT2D eigenvalue weighted by atomic mass is 10.0. The minimum absolute atomic E-state index is 0.223. The van der Waals surface area contributed by atoms with Crippen LogP contribution in [-0.4, -0.2) is 28.4 Å². The lowest BCUT2D eigenvalue weighted by Crippen LogP contribution is -2.31. The molecule has 5 nitrogen and oxygen atoms in total. The lowest BCUT2D eigenvalue weighted by Gasteiger charge is -2.21. The van der Waals surface area contributed by atoms with E-state index in [-0.39, 0.29) is 10.8 Å². The summed E-state index contributed by atoms with van der Waals surface area (Å²) in [6.45, 7) is 6.07. The largest absolute Gasteiger partial charge is 0.444 e. The van der Waals surface area contributed by atoms with Crippen LogP contribution in [0.15, 0.2) is 12.3 Å². The maximum Gasteiger partial charge on any atom is 0.413 e. The van der Waals surface area contributed by atoms with E-state index in [4.69, 9.17) is 16.3 Å². The molecule has 22 heavy (non-hydrogen) atoms. The number of ether oxygens (including phenoxy) is 1. The Morgan fingerprint density at radius 1 is 1.36 bits per heavy atom. The average molecular weight is 335 g/mol. The van der Waals surface area contributed by atoms with Gasteiger partial charge in [-0.2, -0.15) is 8.78 Å². The zero-order valence-electron chi connectivity index (χ0n) is 12.7. The van der Waals surface area contributed by atoms with Crippen LogP contribution in [0.3, 0.4) is 0 Å². The van der Waals surface area contributed by atoms with Gasteiger partial charge in [0.15, 0.2) is 0 Å². The summed E-state index contributed by atoms with van der Waals surface area (Å²) in [5, 5.41) is 1.95. The van der Waals surface area contributed by atoms with Crippen LogP contribution in [0.5, 0.6) is 0 Å². The van der Waals surface area contributed by atoms with Gasteiger partial charge in [0.05, 0.1) is 10.6 Å². The predicted octanol–water partition coefficient (Wildman–Crippen LogP) is 4.31. The van der Waals surface area contributed by atoms with Gasteiger partial charge in [0.25, 0.3) is 0 Å². The van der Waals surface area contributed by atoms with E-state index in [2.05, 4.69) is 10.3 Å². The highest BCUT2D eigenvalue weighted by atomic mass is 35.5. The van der Waals surface area contributed by atoms with Crippen LogP contribution >= 0.6 is 11.6 Å². The topological polar surface area (TPSA) is 68.3 Å². The summed E-state index contributed by atoms with van der Waals surface area (Å²) in [5.74, 6) is -5.46. The number of hydrogen-bond donors (Lipinski definition) is 1. The van der Waals surface area contributed by atoms with E-state index in [0.29, 0.717) is 0 Å². The van der Waals surface area contributed by atoms with Crippen molar-refractivity contribution in [2.75, 3.05) is 5.32 Å². The van der Waals surface area contributed by atoms with Crippen molar-refractivity contribution in [1.82, 2.24) is 4.98 Å². The molecule has 1 rings (SSSR count). The molecule has 0 saturated carbocycles. The average Bonchev–Trinajstić information content (AvgIpc) is 2.36. The van der Waals surface area contributed by atoms with Gasteiger partial charge in [-0.05, 0) is 26.8 Å². The third-order valence-electron chi connectivity index (χ3n) is 2.52. The molecule has 1 N–H and O–H groups in total. The second-order valence-electron chi connectivity index (χ2n) is 5.53. The number of carbonyl (C=O) groups is 2. The van der Waals surface area contributed by atoms with E-state index in [1.807, 2.05) is 0 Å². The fourth-order valence-corrected chi connectivity index (χ4v) is 1.72. The standard InChI is InChI=1S/C14H17ClF2N2O3/c1-5-14(16,17)10(20)9-8(15)6-7-18-11(9)19-12(21)22-13(2,3)4/h6-7H,5H2,1-4H3,(H,18,19,21). The predicted molar refractivity (Wildman–Crippen MR) is 78.7 cm³/mol. The van der Waals surface area contributed by atoms with Gasteiger partial charge in [0.1, 0.15) is 11.4 Å². The zero-order valence-corrected chi connectivity index (χ0v) is 13.4. The summed E-state index contributed by atoms with van der Waals surface area (Å²) >= 11 is 5.82. The van der Waals surface area contributed by atoms with Crippen molar-refractivity contribution in [3.05, 3.63) is 22.8 Å². The molecule has 0 bridgehead atoms. The third kappa shape index (κ3) is 4.62. The van der Waals surface area contributed by atoms with E-state index in [0.717, 1.165) is 0 Å². The number of pyridine rings is 1. The number of alkyl halides is 2. The Balaban J connectivity index is 3.15. The fourth-order valence-electron chi connectivity index (χ4n) is 1.49. The molecule has 0 saturated heterocycles. The van der Waals surface area contributed by atoms with Crippen LogP contribution in [0.1, 0.15) is 44.5 Å². The molecule has 0 fully saturated rings. The highest BCUT2D eigenvalue weighted by Gasteiger charge is 2.40. The molecule has 0 unspecified atom stereocenters. The second-order valence-corrected chi connectivity index (χ2v) is 5.94. The lowest BCUT2D eigenvalue weighted by molar-refractivity contribution is 0.00810. The van der Waals surface area contributed by atoms with E-state index in [9.17, 15) is 18.4 Å². The number of nitrogens with one attached hydrogen (secondary N) is 1. The Hall–Kier alpha value is -1.76. The van der Waals surface area contributed by atoms with Crippen LogP contribution < -0.4 is 5.32 Å². The number of anilines is 1. The van der Waals surface area contributed by atoms with Gasteiger partial charge in [0.2, 0.25) is 5.78 Å². The maximum absolute atomic E-state index is 13.6. The minimum atomic E-state index is -3.60. The smallest absolute Gasteiger partial charge is 0.413 e. The number of Topliss-reactive ketones (excluding diaryl/α,β-unsaturated/α-hetero) is 1. The molecular formula is C14H17ClF2N2O3. The van der Waals surface area contributed by atoms with E-state index in [1.54, 1.807) is 20.8 Å². The van der Waals surface area contributed by atoms with Crippen molar-refractivity contribution in [1.29, 1.82) is 0 Å². The zero-order chi connectivity index (χ0) is 17.1. The van der Waals surface area contributed by atoms with Crippen LogP contribution in [-0.2, 0) is 4.74 Å². The Morgan fingerprint density at radius 2 is 1.95 bits per heavy atom. The van der Waals surface area contributed by atoms with Gasteiger partial charge in [-0.25, -0.2) is 9.78 Å². The van der Waals surface area contributed by atoms with Crippen LogP contribution in [0.2, 0.25) is 5.02 Å². The first kappa shape index (κ1) is 18.3. The van der Waals surface area contributed by atoms with Crippen molar-refractivity contribution < 1.29 is 23.1 Å². The Bertz CT molecular complexity index is 586. The number of rotatable bonds is 4. The first-order chi connectivity index (χ1) is 9.98. The Kier molecular flexibility index (Phi) is 5.45. The van der Waals surface area contributed by atoms with E-state index >= 15 is 0 Å². The van der Waals surface area contributed by atoms with Crippen molar-refractivity contribution in [3.63, 3.8) is 0 Å². The molecule has 1 heterocycles. The molecule has 0 atom stereocenters. The fraction of sp³-hybridized carbons (Fsp3) is 0.500. The van der Waals surface area contributed by atoms with E-state index < -0.39 is 35.4 Å². The van der Waals surface area contributed by atoms with Gasteiger partial charge in [-0.1, -0.05) is 18.5 Å². The second kappa shape index (κ2) is 6.56. The number of halogens is 3. The summed E-state index contributed by atoms with van der Waals surface area (Å²) in [6, 6.07) is 1.20. The number of nitrogens with zero attached hydrogens (tertiary/aromatic N) is 1. The minimum Gasteiger partial charge on any atom is -0.444 e. The molecule has 122 valence electrons. The molecule has 1 amide bonds. The van der Waals surface area contributed by atoms with Gasteiger partial charge in [-0.15, -0.1) is 0 Å². The van der Waals surface area contributed by atoms with Crippen molar-refractivity contribution in [2.24, 2.45) is 0 Å². The van der Waals surface area contributed by atoms with E-state index in [1.165, 1.54) is 19.2 Å². The highest BCUT2D eigenvalue weighted by Crippen LogP contribution is 2.31. The van der Waals surface area contributed by atoms with Crippen molar-refractivity contribution >= 4 is 29.3 Å². The molecule has 0 spiro atoms. The molecule has 0 aliphatic heterocycles. The Morgan fingerprint density at radius 3 is 2.45 bits per heavy atom. The first-order valence-electron chi connectivity index (χ1n) is 6.55. The molecule has 1 aromatic rings. The summed E-state index contributed by atoms with van der Waals surface area (Å²) in [6.07, 6.45) is -0.421. The molecule has 8 heteroatoms. The monoisotopic (exact) mass is 334 g/mol. The van der Waals surface area contributed by atoms with Crippen molar-refractivity contribution in [2.45, 2.75) is 45.6 Å². The normalized spacial score (nSPS) is 12.0. The van der Waals surface area contributed by atoms with Crippen LogP contribution in [0.4, 0.5) is 19.4 Å². The number of carbonyl (C=O) groups excluding carboxylic acids is 2. The van der Waals surface area contributed by atoms with Crippen molar-refractivity contribution in [3.8, 4) is 0 Å². The molecule has 0 radical (unpaired) electrons. The molecular weight excluding hydrogens is 318 g/mol. The maximum atomic E-state index is 13.6. The summed E-state index contributed by atoms with van der Waals surface area (Å²) in [5.41, 5.74) is -1.33. The summed E-state index contributed by atoms with van der Waals surface area (Å²) < 4.78 is 32.2. The molecule has 1 aromatic heterocycles. The van der Waals surface area contributed by atoms with Crippen LogP contribution in [0.25, 0.3) is 0 Å². The quantitative estimate of drug-likeness (QED) is 0.833. The number of aromatic nitrogens is 1. The van der Waals surface area contributed by atoms with Gasteiger partial charge in [-0.3, -0.25) is 10.1 Å². The molecule has 0 aliphatic carbocycles. The van der Waals surface area contributed by atoms with Gasteiger partial charge in [0, 0.05) is 12.6 Å². The highest BCUT2D eigenvalue weighted by molar-refractivity contribution is 6.35. The number of ketones is 1. The van der Waals surface area contributed by atoms with Crippen LogP contribution in [0, 0.1) is 0 Å². The molecule has 0 aromatic carbocycles. The van der Waals surface area contributed by atoms with Gasteiger partial charge < -0.3 is 4.74 Å². The number of hydrogen-bond acceptors (Lipinski definition) is 4. The number of amides is 1. The SMILES string of the molecule is CCC(F)(F)C(=O)c1c(Cl)ccnc1NC(=O)OC(C)(C)C. The summed E-state index contributed by atoms with van der Waals surface area (Å²) in [7, 11) is 0.